The third-order valence-corrected chi connectivity index (χ3v) is 1.79. The molecule has 2 bridgehead atoms. The van der Waals surface area contributed by atoms with Crippen LogP contribution in [0.3, 0.4) is 0 Å². The zero-order valence-electron chi connectivity index (χ0n) is 5.25. The Labute approximate surface area is 54.8 Å². The third-order valence-electron chi connectivity index (χ3n) is 1.79. The first-order valence-electron chi connectivity index (χ1n) is 3.32. The van der Waals surface area contributed by atoms with E-state index in [0.29, 0.717) is 5.92 Å². The molecule has 1 heterocycles. The molecule has 0 N–H and O–H groups in total. The summed E-state index contributed by atoms with van der Waals surface area (Å²) in [7, 11) is 0. The van der Waals surface area contributed by atoms with E-state index < -0.39 is 0 Å². The van der Waals surface area contributed by atoms with Gasteiger partial charge in [0.15, 0.2) is 0 Å². The molecule has 2 aliphatic rings. The molecule has 2 rings (SSSR count). The summed E-state index contributed by atoms with van der Waals surface area (Å²) in [6.07, 6.45) is 9.70. The van der Waals surface area contributed by atoms with Crippen molar-refractivity contribution in [1.29, 1.82) is 0 Å². The number of nitrogens with zero attached hydrogens (tertiary/aromatic N) is 1. The van der Waals surface area contributed by atoms with Crippen molar-refractivity contribution in [3.8, 4) is 0 Å². The fourth-order valence-electron chi connectivity index (χ4n) is 1.30. The van der Waals surface area contributed by atoms with Gasteiger partial charge in [-0.1, -0.05) is 18.2 Å². The van der Waals surface area contributed by atoms with Crippen LogP contribution in [0.15, 0.2) is 28.8 Å². The monoisotopic (exact) mass is 119 g/mol. The molecule has 0 fully saturated rings. The summed E-state index contributed by atoms with van der Waals surface area (Å²) in [5, 5.41) is 0. The highest BCUT2D eigenvalue weighted by molar-refractivity contribution is 5.80. The number of aliphatic imine (C=N–C) groups is 1. The van der Waals surface area contributed by atoms with E-state index in [0.717, 1.165) is 6.54 Å². The average molecular weight is 119 g/mol. The number of hydrogen-bond acceptors (Lipinski definition) is 1. The number of allylic oxidation sites excluding steroid dienone is 3. The van der Waals surface area contributed by atoms with Crippen molar-refractivity contribution < 1.29 is 0 Å². The maximum atomic E-state index is 4.22. The van der Waals surface area contributed by atoms with Gasteiger partial charge in [0.25, 0.3) is 0 Å². The van der Waals surface area contributed by atoms with E-state index in [-0.39, 0.29) is 0 Å². The molecule has 1 nitrogen and oxygen atoms in total. The van der Waals surface area contributed by atoms with Crippen LogP contribution in [0.5, 0.6) is 0 Å². The van der Waals surface area contributed by atoms with E-state index >= 15 is 0 Å². The van der Waals surface area contributed by atoms with Gasteiger partial charge in [-0.2, -0.15) is 0 Å². The van der Waals surface area contributed by atoms with Crippen LogP contribution in [0.1, 0.15) is 6.42 Å². The summed E-state index contributed by atoms with van der Waals surface area (Å²) < 4.78 is 0. The Balaban J connectivity index is 2.36. The Morgan fingerprint density at radius 3 is 3.33 bits per heavy atom. The van der Waals surface area contributed by atoms with Crippen molar-refractivity contribution >= 4 is 6.21 Å². The molecule has 0 spiro atoms. The van der Waals surface area contributed by atoms with Gasteiger partial charge in [0.2, 0.25) is 0 Å². The van der Waals surface area contributed by atoms with Crippen LogP contribution < -0.4 is 0 Å². The summed E-state index contributed by atoms with van der Waals surface area (Å²) in [5.41, 5.74) is 1.38. The van der Waals surface area contributed by atoms with Crippen LogP contribution in [0.25, 0.3) is 0 Å². The maximum Gasteiger partial charge on any atom is 0.0455 e. The normalized spacial score (nSPS) is 30.2. The van der Waals surface area contributed by atoms with Crippen molar-refractivity contribution in [3.63, 3.8) is 0 Å². The van der Waals surface area contributed by atoms with Gasteiger partial charge in [-0.15, -0.1) is 0 Å². The minimum atomic E-state index is 0.704. The Bertz CT molecular complexity index is 199. The maximum absolute atomic E-state index is 4.22. The molecular weight excluding hydrogens is 110 g/mol. The third kappa shape index (κ3) is 0.826. The molecule has 1 heteroatoms. The van der Waals surface area contributed by atoms with Crippen molar-refractivity contribution in [2.45, 2.75) is 6.42 Å². The number of hydrogen-bond donors (Lipinski definition) is 0. The molecule has 0 aromatic rings. The molecule has 0 saturated heterocycles. The van der Waals surface area contributed by atoms with Gasteiger partial charge < -0.3 is 0 Å². The Hall–Kier alpha value is -0.850. The summed E-state index contributed by atoms with van der Waals surface area (Å²) in [6, 6.07) is 0. The lowest BCUT2D eigenvalue weighted by atomic mass is 9.93. The zero-order valence-corrected chi connectivity index (χ0v) is 5.25. The van der Waals surface area contributed by atoms with Crippen molar-refractivity contribution in [2.24, 2.45) is 10.9 Å². The molecule has 0 amide bonds. The molecule has 1 unspecified atom stereocenters. The molecular formula is C8H9N. The average Bonchev–Trinajstić information content (AvgIpc) is 1.88. The molecule has 0 aromatic heterocycles. The second-order valence-electron chi connectivity index (χ2n) is 2.58. The van der Waals surface area contributed by atoms with Crippen LogP contribution in [0.2, 0.25) is 0 Å². The minimum Gasteiger partial charge on any atom is -0.292 e. The van der Waals surface area contributed by atoms with Gasteiger partial charge in [-0.3, -0.25) is 4.99 Å². The number of rotatable bonds is 0. The van der Waals surface area contributed by atoms with Crippen molar-refractivity contribution in [3.05, 3.63) is 23.8 Å². The minimum absolute atomic E-state index is 0.704. The fourth-order valence-corrected chi connectivity index (χ4v) is 1.30. The van der Waals surface area contributed by atoms with E-state index in [4.69, 9.17) is 0 Å². The number of fused-ring (bicyclic) bond motifs is 2. The Kier molecular flexibility index (Phi) is 1.01. The van der Waals surface area contributed by atoms with E-state index in [2.05, 4.69) is 23.2 Å². The molecule has 46 valence electrons. The summed E-state index contributed by atoms with van der Waals surface area (Å²) >= 11 is 0. The van der Waals surface area contributed by atoms with E-state index in [1.54, 1.807) is 0 Å². The van der Waals surface area contributed by atoms with Crippen molar-refractivity contribution in [2.75, 3.05) is 6.54 Å². The van der Waals surface area contributed by atoms with Crippen LogP contribution in [0, 0.1) is 5.92 Å². The molecule has 0 aromatic carbocycles. The van der Waals surface area contributed by atoms with E-state index in [1.807, 2.05) is 6.21 Å². The van der Waals surface area contributed by atoms with Crippen LogP contribution >= 0.6 is 0 Å². The first kappa shape index (κ1) is 4.98. The lowest BCUT2D eigenvalue weighted by molar-refractivity contribution is 0.647. The Morgan fingerprint density at radius 1 is 1.56 bits per heavy atom. The zero-order chi connectivity index (χ0) is 6.10. The largest absolute Gasteiger partial charge is 0.292 e. The summed E-state index contributed by atoms with van der Waals surface area (Å²) in [6.45, 7) is 0.994. The van der Waals surface area contributed by atoms with Gasteiger partial charge >= 0.3 is 0 Å². The van der Waals surface area contributed by atoms with Crippen LogP contribution in [0.4, 0.5) is 0 Å². The van der Waals surface area contributed by atoms with Gasteiger partial charge in [0.05, 0.1) is 0 Å². The highest BCUT2D eigenvalue weighted by atomic mass is 14.7. The molecule has 0 saturated carbocycles. The topological polar surface area (TPSA) is 12.4 Å². The second-order valence-corrected chi connectivity index (χ2v) is 2.58. The second kappa shape index (κ2) is 1.83. The molecule has 1 aliphatic heterocycles. The first-order chi connectivity index (χ1) is 4.45. The SMILES string of the molecule is C1=CC2CN=CC(=C1)C2. The van der Waals surface area contributed by atoms with Gasteiger partial charge in [0, 0.05) is 18.7 Å². The highest BCUT2D eigenvalue weighted by Crippen LogP contribution is 2.20. The van der Waals surface area contributed by atoms with E-state index in [9.17, 15) is 0 Å². The van der Waals surface area contributed by atoms with Crippen molar-refractivity contribution in [1.82, 2.24) is 0 Å². The Morgan fingerprint density at radius 2 is 2.56 bits per heavy atom. The lowest BCUT2D eigenvalue weighted by Crippen LogP contribution is -2.11. The summed E-state index contributed by atoms with van der Waals surface area (Å²) in [4.78, 5) is 4.22. The molecule has 1 aliphatic carbocycles. The van der Waals surface area contributed by atoms with Crippen LogP contribution in [-0.4, -0.2) is 12.8 Å². The first-order valence-corrected chi connectivity index (χ1v) is 3.32. The predicted octanol–water partition coefficient (Wildman–Crippen LogP) is 1.57. The molecule has 1 atom stereocenters. The summed E-state index contributed by atoms with van der Waals surface area (Å²) in [5.74, 6) is 0.704. The molecule has 0 radical (unpaired) electrons. The van der Waals surface area contributed by atoms with Crippen LogP contribution in [-0.2, 0) is 0 Å². The quantitative estimate of drug-likeness (QED) is 0.459. The van der Waals surface area contributed by atoms with Gasteiger partial charge in [-0.25, -0.2) is 0 Å². The van der Waals surface area contributed by atoms with Gasteiger partial charge in [0.1, 0.15) is 0 Å². The lowest BCUT2D eigenvalue weighted by Gasteiger charge is -2.17. The fraction of sp³-hybridized carbons (Fsp3) is 0.375. The van der Waals surface area contributed by atoms with E-state index in [1.165, 1.54) is 12.0 Å². The van der Waals surface area contributed by atoms with Gasteiger partial charge in [-0.05, 0) is 12.0 Å². The smallest absolute Gasteiger partial charge is 0.0455 e. The predicted molar refractivity (Wildman–Crippen MR) is 38.7 cm³/mol. The standard InChI is InChI=1S/C8H9N/c1-2-7-4-8(3-1)6-9-5-7/h1-3,5,8H,4,6H2. The molecule has 9 heavy (non-hydrogen) atoms. The highest BCUT2D eigenvalue weighted by Gasteiger charge is 2.12.